The van der Waals surface area contributed by atoms with Crippen LogP contribution in [0.4, 0.5) is 5.13 Å². The molecule has 0 radical (unpaired) electrons. The van der Waals surface area contributed by atoms with Crippen LogP contribution in [0, 0.1) is 0 Å². The molecule has 8 heteroatoms. The van der Waals surface area contributed by atoms with Crippen LogP contribution in [0.25, 0.3) is 21.2 Å². The van der Waals surface area contributed by atoms with Gasteiger partial charge in [-0.05, 0) is 55.8 Å². The molecule has 5 aromatic rings. The van der Waals surface area contributed by atoms with Gasteiger partial charge in [0.05, 0.1) is 30.0 Å². The smallest absolute Gasteiger partial charge is 0.296 e. The predicted octanol–water partition coefficient (Wildman–Crippen LogP) is 6.08. The lowest BCUT2D eigenvalue weighted by molar-refractivity contribution is 0.0960. The van der Waals surface area contributed by atoms with E-state index in [1.54, 1.807) is 23.4 Å². The summed E-state index contributed by atoms with van der Waals surface area (Å²) >= 11 is 1.43. The number of fused-ring (bicyclic) bond motifs is 2. The fraction of sp³-hybridized carbons (Fsp3) is 0.192. The Hall–Kier alpha value is -3.91. The maximum atomic E-state index is 13.7. The molecule has 3 heterocycles. The van der Waals surface area contributed by atoms with Crippen LogP contribution in [0.2, 0.25) is 0 Å². The third-order valence-corrected chi connectivity index (χ3v) is 6.26. The van der Waals surface area contributed by atoms with Gasteiger partial charge in [-0.25, -0.2) is 4.98 Å². The monoisotopic (exact) mass is 473 g/mol. The molecule has 0 atom stereocenters. The minimum absolute atomic E-state index is 0.223. The molecule has 172 valence electrons. The highest BCUT2D eigenvalue weighted by Gasteiger charge is 2.25. The van der Waals surface area contributed by atoms with Crippen LogP contribution in [0.15, 0.2) is 71.4 Å². The maximum Gasteiger partial charge on any atom is 0.296 e. The van der Waals surface area contributed by atoms with Crippen LogP contribution in [0.5, 0.6) is 11.5 Å². The molecular formula is C26H23N3O4S. The van der Waals surface area contributed by atoms with Gasteiger partial charge in [0.25, 0.3) is 5.91 Å². The zero-order chi connectivity index (χ0) is 23.5. The number of rotatable bonds is 8. The zero-order valence-corrected chi connectivity index (χ0v) is 19.7. The number of hydrogen-bond donors (Lipinski definition) is 0. The third kappa shape index (κ3) is 4.32. The Morgan fingerprint density at radius 2 is 1.94 bits per heavy atom. The first-order valence-electron chi connectivity index (χ1n) is 11.1. The summed E-state index contributed by atoms with van der Waals surface area (Å²) in [6, 6.07) is 16.9. The number of pyridine rings is 1. The molecule has 0 bridgehead atoms. The molecule has 0 aliphatic rings. The third-order valence-electron chi connectivity index (χ3n) is 5.22. The summed E-state index contributed by atoms with van der Waals surface area (Å²) in [5.41, 5.74) is 2.24. The van der Waals surface area contributed by atoms with Crippen molar-refractivity contribution in [1.29, 1.82) is 0 Å². The zero-order valence-electron chi connectivity index (χ0n) is 18.9. The molecule has 0 aliphatic carbocycles. The summed E-state index contributed by atoms with van der Waals surface area (Å²) in [6.07, 6.45) is 3.45. The van der Waals surface area contributed by atoms with E-state index in [1.165, 1.54) is 11.3 Å². The minimum atomic E-state index is -0.286. The van der Waals surface area contributed by atoms with Crippen molar-refractivity contribution in [2.24, 2.45) is 0 Å². The number of nitrogens with zero attached hydrogens (tertiary/aromatic N) is 3. The maximum absolute atomic E-state index is 13.7. The van der Waals surface area contributed by atoms with E-state index >= 15 is 0 Å². The van der Waals surface area contributed by atoms with Crippen molar-refractivity contribution in [3.8, 4) is 11.5 Å². The standard InChI is InChI=1S/C26H23N3O4S/c1-3-31-19-10-11-20-23(14-19)34-26(28-20)29(16-17-7-6-12-27-15-17)25(30)22-13-18-8-5-9-21(32-4-2)24(18)33-22/h5-15H,3-4,16H2,1-2H3. The van der Waals surface area contributed by atoms with Gasteiger partial charge < -0.3 is 13.9 Å². The van der Waals surface area contributed by atoms with Crippen LogP contribution < -0.4 is 14.4 Å². The number of furan rings is 1. The first kappa shape index (κ1) is 21.9. The Balaban J connectivity index is 1.56. The van der Waals surface area contributed by atoms with Crippen LogP contribution in [0.1, 0.15) is 30.0 Å². The number of aromatic nitrogens is 2. The number of thiazole rings is 1. The van der Waals surface area contributed by atoms with E-state index in [1.807, 2.05) is 62.4 Å². The average Bonchev–Trinajstić information content (AvgIpc) is 3.48. The van der Waals surface area contributed by atoms with Crippen molar-refractivity contribution in [1.82, 2.24) is 9.97 Å². The van der Waals surface area contributed by atoms with Crippen molar-refractivity contribution in [3.63, 3.8) is 0 Å². The van der Waals surface area contributed by atoms with Gasteiger partial charge in [-0.3, -0.25) is 14.7 Å². The molecule has 1 amide bonds. The van der Waals surface area contributed by atoms with E-state index in [9.17, 15) is 4.79 Å². The van der Waals surface area contributed by atoms with E-state index in [2.05, 4.69) is 4.98 Å². The van der Waals surface area contributed by atoms with E-state index < -0.39 is 0 Å². The molecule has 0 unspecified atom stereocenters. The van der Waals surface area contributed by atoms with Crippen LogP contribution in [0.3, 0.4) is 0 Å². The van der Waals surface area contributed by atoms with E-state index in [4.69, 9.17) is 18.9 Å². The lowest BCUT2D eigenvalue weighted by atomic mass is 10.2. The molecule has 7 nitrogen and oxygen atoms in total. The SMILES string of the molecule is CCOc1ccc2nc(N(Cc3cccnc3)C(=O)c3cc4cccc(OCC)c4o3)sc2c1. The van der Waals surface area contributed by atoms with Crippen LogP contribution >= 0.6 is 11.3 Å². The summed E-state index contributed by atoms with van der Waals surface area (Å²) in [5.74, 6) is 1.32. The summed E-state index contributed by atoms with van der Waals surface area (Å²) in [5, 5.41) is 1.38. The van der Waals surface area contributed by atoms with E-state index in [0.717, 1.165) is 26.9 Å². The first-order valence-corrected chi connectivity index (χ1v) is 11.9. The summed E-state index contributed by atoms with van der Waals surface area (Å²) < 4.78 is 18.2. The normalized spacial score (nSPS) is 11.1. The Morgan fingerprint density at radius 1 is 1.06 bits per heavy atom. The van der Waals surface area contributed by atoms with Gasteiger partial charge in [-0.2, -0.15) is 0 Å². The van der Waals surface area contributed by atoms with Gasteiger partial charge in [0.1, 0.15) is 5.75 Å². The summed E-state index contributed by atoms with van der Waals surface area (Å²) in [6.45, 7) is 5.25. The number of carbonyl (C=O) groups is 1. The number of carbonyl (C=O) groups excluding carboxylic acids is 1. The minimum Gasteiger partial charge on any atom is -0.494 e. The Bertz CT molecular complexity index is 1440. The number of benzene rings is 2. The second-order valence-electron chi connectivity index (χ2n) is 7.53. The highest BCUT2D eigenvalue weighted by molar-refractivity contribution is 7.22. The fourth-order valence-corrected chi connectivity index (χ4v) is 4.70. The van der Waals surface area contributed by atoms with Gasteiger partial charge in [0, 0.05) is 17.8 Å². The highest BCUT2D eigenvalue weighted by atomic mass is 32.1. The van der Waals surface area contributed by atoms with Gasteiger partial charge in [0.2, 0.25) is 0 Å². The number of hydrogen-bond acceptors (Lipinski definition) is 7. The van der Waals surface area contributed by atoms with Crippen molar-refractivity contribution in [2.75, 3.05) is 18.1 Å². The number of amides is 1. The van der Waals surface area contributed by atoms with Crippen molar-refractivity contribution >= 4 is 43.6 Å². The molecule has 0 saturated heterocycles. The predicted molar refractivity (Wildman–Crippen MR) is 133 cm³/mol. The Kier molecular flexibility index (Phi) is 6.14. The second kappa shape index (κ2) is 9.52. The van der Waals surface area contributed by atoms with E-state index in [0.29, 0.717) is 36.2 Å². The molecule has 34 heavy (non-hydrogen) atoms. The summed E-state index contributed by atoms with van der Waals surface area (Å²) in [7, 11) is 0. The van der Waals surface area contributed by atoms with Gasteiger partial charge in [0.15, 0.2) is 22.2 Å². The van der Waals surface area contributed by atoms with Crippen molar-refractivity contribution in [3.05, 3.63) is 78.3 Å². The second-order valence-corrected chi connectivity index (χ2v) is 8.54. The van der Waals surface area contributed by atoms with Gasteiger partial charge in [-0.15, -0.1) is 0 Å². The topological polar surface area (TPSA) is 77.7 Å². The molecular weight excluding hydrogens is 450 g/mol. The van der Waals surface area contributed by atoms with Gasteiger partial charge in [-0.1, -0.05) is 29.5 Å². The average molecular weight is 474 g/mol. The molecule has 0 N–H and O–H groups in total. The molecule has 3 aromatic heterocycles. The van der Waals surface area contributed by atoms with Crippen molar-refractivity contribution in [2.45, 2.75) is 20.4 Å². The molecule has 0 spiro atoms. The van der Waals surface area contributed by atoms with Gasteiger partial charge >= 0.3 is 0 Å². The Labute approximate surface area is 200 Å². The molecule has 0 aliphatic heterocycles. The lowest BCUT2D eigenvalue weighted by Crippen LogP contribution is -2.30. The molecule has 2 aromatic carbocycles. The molecule has 0 fully saturated rings. The van der Waals surface area contributed by atoms with E-state index in [-0.39, 0.29) is 11.7 Å². The highest BCUT2D eigenvalue weighted by Crippen LogP contribution is 2.35. The number of para-hydroxylation sites is 1. The largest absolute Gasteiger partial charge is 0.494 e. The molecule has 0 saturated carbocycles. The number of ether oxygens (including phenoxy) is 2. The lowest BCUT2D eigenvalue weighted by Gasteiger charge is -2.18. The van der Waals surface area contributed by atoms with Crippen molar-refractivity contribution < 1.29 is 18.7 Å². The fourth-order valence-electron chi connectivity index (χ4n) is 3.71. The number of anilines is 1. The first-order chi connectivity index (χ1) is 16.7. The quantitative estimate of drug-likeness (QED) is 0.272. The Morgan fingerprint density at radius 3 is 2.74 bits per heavy atom. The summed E-state index contributed by atoms with van der Waals surface area (Å²) in [4.78, 5) is 24.3. The van der Waals surface area contributed by atoms with Crippen LogP contribution in [-0.2, 0) is 6.54 Å². The molecule has 5 rings (SSSR count). The van der Waals surface area contributed by atoms with Crippen LogP contribution in [-0.4, -0.2) is 29.1 Å².